The molecule has 2 aromatic heterocycles. The van der Waals surface area contributed by atoms with E-state index in [1.165, 1.54) is 18.2 Å². The van der Waals surface area contributed by atoms with Gasteiger partial charge in [-0.1, -0.05) is 12.1 Å². The maximum Gasteiger partial charge on any atom is 0.282 e. The van der Waals surface area contributed by atoms with Crippen molar-refractivity contribution >= 4 is 40.4 Å². The van der Waals surface area contributed by atoms with Crippen molar-refractivity contribution in [3.8, 4) is 0 Å². The van der Waals surface area contributed by atoms with Gasteiger partial charge in [-0.3, -0.25) is 14.9 Å². The number of carbonyl (C=O) groups is 1. The van der Waals surface area contributed by atoms with Gasteiger partial charge in [-0.2, -0.15) is 0 Å². The second kappa shape index (κ2) is 9.74. The van der Waals surface area contributed by atoms with Crippen LogP contribution in [-0.2, 0) is 0 Å². The maximum absolute atomic E-state index is 12.5. The number of nitrogens with zero attached hydrogens (tertiary/aromatic N) is 4. The number of aromatic nitrogens is 3. The Kier molecular flexibility index (Phi) is 6.40. The predicted molar refractivity (Wildman–Crippen MR) is 130 cm³/mol. The summed E-state index contributed by atoms with van der Waals surface area (Å²) >= 11 is 0. The minimum atomic E-state index is -0.580. The highest BCUT2D eigenvalue weighted by molar-refractivity contribution is 6.07. The fourth-order valence-electron chi connectivity index (χ4n) is 3.24. The Bertz CT molecular complexity index is 1360. The zero-order chi connectivity index (χ0) is 24.1. The van der Waals surface area contributed by atoms with E-state index in [9.17, 15) is 14.9 Å². The van der Waals surface area contributed by atoms with Crippen molar-refractivity contribution in [2.24, 2.45) is 0 Å². The molecule has 0 aliphatic rings. The number of benzene rings is 2. The van der Waals surface area contributed by atoms with E-state index in [-0.39, 0.29) is 11.3 Å². The van der Waals surface area contributed by atoms with E-state index >= 15 is 0 Å². The van der Waals surface area contributed by atoms with Crippen LogP contribution in [0.5, 0.6) is 0 Å². The topological polar surface area (TPSA) is 135 Å². The molecular weight excluding hydrogens is 434 g/mol. The summed E-state index contributed by atoms with van der Waals surface area (Å²) in [4.78, 5) is 36.2. The molecule has 0 saturated carbocycles. The van der Waals surface area contributed by atoms with Gasteiger partial charge in [0.15, 0.2) is 0 Å². The van der Waals surface area contributed by atoms with E-state index in [0.29, 0.717) is 29.0 Å². The van der Waals surface area contributed by atoms with Gasteiger partial charge in [0.25, 0.3) is 11.6 Å². The van der Waals surface area contributed by atoms with Crippen molar-refractivity contribution in [1.82, 2.24) is 15.0 Å². The Morgan fingerprint density at radius 1 is 0.853 bits per heavy atom. The molecule has 10 nitrogen and oxygen atoms in total. The van der Waals surface area contributed by atoms with Gasteiger partial charge in [0.1, 0.15) is 28.8 Å². The fraction of sp³-hybridized carbons (Fsp3) is 0.0833. The summed E-state index contributed by atoms with van der Waals surface area (Å²) in [6.45, 7) is 3.78. The van der Waals surface area contributed by atoms with Crippen LogP contribution in [0.15, 0.2) is 72.9 Å². The average molecular weight is 455 g/mol. The van der Waals surface area contributed by atoms with Gasteiger partial charge in [0.05, 0.1) is 4.92 Å². The maximum atomic E-state index is 12.5. The third-order valence-electron chi connectivity index (χ3n) is 4.77. The first-order valence-corrected chi connectivity index (χ1v) is 10.3. The second-order valence-corrected chi connectivity index (χ2v) is 7.46. The molecule has 0 radical (unpaired) electrons. The number of nitro groups is 1. The Morgan fingerprint density at radius 3 is 2.24 bits per heavy atom. The van der Waals surface area contributed by atoms with Crippen LogP contribution in [0.25, 0.3) is 0 Å². The molecule has 0 fully saturated rings. The number of para-hydroxylation sites is 1. The lowest BCUT2D eigenvalue weighted by molar-refractivity contribution is -0.385. The van der Waals surface area contributed by atoms with Crippen LogP contribution in [-0.4, -0.2) is 25.8 Å². The summed E-state index contributed by atoms with van der Waals surface area (Å²) in [5, 5.41) is 20.2. The Morgan fingerprint density at radius 2 is 1.53 bits per heavy atom. The molecule has 0 aliphatic heterocycles. The lowest BCUT2D eigenvalue weighted by Crippen LogP contribution is -2.13. The number of pyridine rings is 1. The third kappa shape index (κ3) is 5.49. The number of aryl methyl sites for hydroxylation is 2. The van der Waals surface area contributed by atoms with Crippen LogP contribution in [0.1, 0.15) is 21.7 Å². The first-order chi connectivity index (χ1) is 16.4. The largest absolute Gasteiger partial charge is 0.340 e. The Labute approximate surface area is 195 Å². The minimum absolute atomic E-state index is 0.00529. The van der Waals surface area contributed by atoms with E-state index in [0.717, 1.165) is 11.3 Å². The fourth-order valence-corrected chi connectivity index (χ4v) is 3.24. The lowest BCUT2D eigenvalue weighted by atomic mass is 10.1. The quantitative estimate of drug-likeness (QED) is 0.258. The number of amides is 1. The lowest BCUT2D eigenvalue weighted by Gasteiger charge is -2.11. The molecule has 0 aliphatic carbocycles. The van der Waals surface area contributed by atoms with Crippen LogP contribution in [0.3, 0.4) is 0 Å². The SMILES string of the molecule is Cc1ccnc(Nc2cc(Nc3ccc(NC(=O)c4ccccc4[N+](=O)[O-])cc3)nc(C)n2)c1. The van der Waals surface area contributed by atoms with Crippen LogP contribution in [0, 0.1) is 24.0 Å². The summed E-state index contributed by atoms with van der Waals surface area (Å²) < 4.78 is 0. The van der Waals surface area contributed by atoms with E-state index < -0.39 is 10.8 Å². The van der Waals surface area contributed by atoms with Crippen molar-refractivity contribution in [1.29, 1.82) is 0 Å². The Balaban J connectivity index is 1.45. The normalized spacial score (nSPS) is 10.4. The van der Waals surface area contributed by atoms with Crippen LogP contribution in [0.4, 0.5) is 34.5 Å². The molecular formula is C24H21N7O3. The summed E-state index contributed by atoms with van der Waals surface area (Å²) in [7, 11) is 0. The average Bonchev–Trinajstić information content (AvgIpc) is 2.80. The molecule has 1 amide bonds. The molecule has 3 N–H and O–H groups in total. The zero-order valence-corrected chi connectivity index (χ0v) is 18.4. The van der Waals surface area contributed by atoms with Crippen LogP contribution in [0.2, 0.25) is 0 Å². The van der Waals surface area contributed by atoms with Crippen LogP contribution < -0.4 is 16.0 Å². The van der Waals surface area contributed by atoms with Crippen molar-refractivity contribution < 1.29 is 9.72 Å². The number of anilines is 5. The van der Waals surface area contributed by atoms with E-state index in [1.807, 2.05) is 19.1 Å². The number of hydrogen-bond donors (Lipinski definition) is 3. The van der Waals surface area contributed by atoms with Gasteiger partial charge >= 0.3 is 0 Å². The minimum Gasteiger partial charge on any atom is -0.340 e. The number of rotatable bonds is 7. The molecule has 0 spiro atoms. The van der Waals surface area contributed by atoms with Crippen molar-refractivity contribution in [2.75, 3.05) is 16.0 Å². The molecule has 4 aromatic rings. The first-order valence-electron chi connectivity index (χ1n) is 10.3. The zero-order valence-electron chi connectivity index (χ0n) is 18.4. The molecule has 0 saturated heterocycles. The highest BCUT2D eigenvalue weighted by Gasteiger charge is 2.19. The number of nitro benzene ring substituents is 1. The van der Waals surface area contributed by atoms with Gasteiger partial charge in [-0.15, -0.1) is 0 Å². The number of carbonyl (C=O) groups excluding carboxylic acids is 1. The number of nitrogens with one attached hydrogen (secondary N) is 3. The van der Waals surface area contributed by atoms with E-state index in [4.69, 9.17) is 0 Å². The van der Waals surface area contributed by atoms with Gasteiger partial charge < -0.3 is 16.0 Å². The van der Waals surface area contributed by atoms with Crippen molar-refractivity contribution in [3.63, 3.8) is 0 Å². The van der Waals surface area contributed by atoms with Crippen molar-refractivity contribution in [3.05, 3.63) is 100.0 Å². The monoisotopic (exact) mass is 455 g/mol. The first kappa shape index (κ1) is 22.3. The highest BCUT2D eigenvalue weighted by Crippen LogP contribution is 2.23. The van der Waals surface area contributed by atoms with Crippen molar-refractivity contribution in [2.45, 2.75) is 13.8 Å². The third-order valence-corrected chi connectivity index (χ3v) is 4.77. The Hall–Kier alpha value is -4.86. The molecule has 4 rings (SSSR count). The highest BCUT2D eigenvalue weighted by atomic mass is 16.6. The summed E-state index contributed by atoms with van der Waals surface area (Å²) in [5.41, 5.74) is 2.06. The van der Waals surface area contributed by atoms with Gasteiger partial charge in [0, 0.05) is 29.7 Å². The molecule has 0 atom stereocenters. The summed E-state index contributed by atoms with van der Waals surface area (Å²) in [5.74, 6) is 1.89. The van der Waals surface area contributed by atoms with Gasteiger partial charge in [0.2, 0.25) is 0 Å². The summed E-state index contributed by atoms with van der Waals surface area (Å²) in [6.07, 6.45) is 1.72. The molecule has 34 heavy (non-hydrogen) atoms. The second-order valence-electron chi connectivity index (χ2n) is 7.46. The molecule has 2 aromatic carbocycles. The van der Waals surface area contributed by atoms with E-state index in [2.05, 4.69) is 30.9 Å². The molecule has 0 unspecified atom stereocenters. The van der Waals surface area contributed by atoms with Gasteiger partial charge in [-0.25, -0.2) is 15.0 Å². The molecule has 170 valence electrons. The molecule has 10 heteroatoms. The summed E-state index contributed by atoms with van der Waals surface area (Å²) in [6, 6.07) is 18.3. The number of hydrogen-bond acceptors (Lipinski definition) is 8. The van der Waals surface area contributed by atoms with Gasteiger partial charge in [-0.05, 0) is 61.9 Å². The predicted octanol–water partition coefficient (Wildman–Crippen LogP) is 5.14. The van der Waals surface area contributed by atoms with E-state index in [1.54, 1.807) is 49.5 Å². The van der Waals surface area contributed by atoms with Crippen LogP contribution >= 0.6 is 0 Å². The molecule has 0 bridgehead atoms. The standard InChI is InChI=1S/C24H21N7O3/c1-15-11-12-25-21(13-15)30-23-14-22(26-16(2)27-23)28-17-7-9-18(10-8-17)29-24(32)19-5-3-4-6-20(19)31(33)34/h3-14H,1-2H3,(H,29,32)(H2,25,26,27,28,30). The molecule has 2 heterocycles. The smallest absolute Gasteiger partial charge is 0.282 e.